The topological polar surface area (TPSA) is 20.2 Å². The van der Waals surface area contributed by atoms with Gasteiger partial charge in [0.15, 0.2) is 0 Å². The number of benzene rings is 1. The minimum absolute atomic E-state index is 0.553. The largest absolute Gasteiger partial charge is 0.385 e. The Balaban J connectivity index is 2.19. The third-order valence-corrected chi connectivity index (χ3v) is 3.83. The van der Waals surface area contributed by atoms with E-state index < -0.39 is 5.60 Å². The normalized spacial score (nSPS) is 20.4. The molecule has 1 aromatic carbocycles. The zero-order valence-corrected chi connectivity index (χ0v) is 10.2. The molecule has 1 fully saturated rings. The second-order valence-electron chi connectivity index (χ2n) is 5.00. The van der Waals surface area contributed by atoms with E-state index in [-0.39, 0.29) is 0 Å². The van der Waals surface area contributed by atoms with Crippen LogP contribution in [-0.2, 0) is 12.0 Å². The van der Waals surface area contributed by atoms with E-state index in [1.165, 1.54) is 18.4 Å². The summed E-state index contributed by atoms with van der Waals surface area (Å²) in [4.78, 5) is 0. The lowest BCUT2D eigenvalue weighted by molar-refractivity contribution is 0.0207. The summed E-state index contributed by atoms with van der Waals surface area (Å²) < 4.78 is 0. The highest BCUT2D eigenvalue weighted by atomic mass is 16.3. The lowest BCUT2D eigenvalue weighted by Gasteiger charge is -2.27. The first kappa shape index (κ1) is 11.7. The molecule has 0 saturated heterocycles. The molecule has 0 heterocycles. The Morgan fingerprint density at radius 3 is 2.06 bits per heavy atom. The van der Waals surface area contributed by atoms with Gasteiger partial charge in [-0.15, -0.1) is 0 Å². The summed E-state index contributed by atoms with van der Waals surface area (Å²) in [7, 11) is 0. The Morgan fingerprint density at radius 1 is 1.00 bits per heavy atom. The van der Waals surface area contributed by atoms with Crippen LogP contribution in [0.15, 0.2) is 24.3 Å². The molecule has 0 amide bonds. The van der Waals surface area contributed by atoms with Crippen LogP contribution in [0.25, 0.3) is 0 Å². The summed E-state index contributed by atoms with van der Waals surface area (Å²) in [6, 6.07) is 8.53. The van der Waals surface area contributed by atoms with E-state index in [1.54, 1.807) is 0 Å². The van der Waals surface area contributed by atoms with Gasteiger partial charge in [0.05, 0.1) is 5.60 Å². The van der Waals surface area contributed by atoms with Gasteiger partial charge in [0.25, 0.3) is 0 Å². The molecule has 1 nitrogen and oxygen atoms in total. The molecule has 0 aromatic heterocycles. The van der Waals surface area contributed by atoms with Crippen LogP contribution in [0.5, 0.6) is 0 Å². The van der Waals surface area contributed by atoms with Gasteiger partial charge < -0.3 is 5.11 Å². The van der Waals surface area contributed by atoms with Crippen LogP contribution in [0.1, 0.15) is 56.6 Å². The Morgan fingerprint density at radius 2 is 1.56 bits per heavy atom. The molecule has 88 valence electrons. The number of aliphatic hydroxyl groups is 1. The van der Waals surface area contributed by atoms with Gasteiger partial charge in [0.1, 0.15) is 0 Å². The monoisotopic (exact) mass is 218 g/mol. The van der Waals surface area contributed by atoms with Crippen LogP contribution >= 0.6 is 0 Å². The number of hydrogen-bond acceptors (Lipinski definition) is 1. The Labute approximate surface area is 98.5 Å². The summed E-state index contributed by atoms with van der Waals surface area (Å²) in [5, 5.41) is 10.7. The fraction of sp³-hybridized carbons (Fsp3) is 0.600. The predicted molar refractivity (Wildman–Crippen MR) is 67.4 cm³/mol. The molecule has 2 rings (SSSR count). The standard InChI is InChI=1S/C15H22O/c1-2-13-7-9-14(10-8-13)15(16)11-5-3-4-6-12-15/h7-10,16H,2-6,11-12H2,1H3. The molecule has 0 radical (unpaired) electrons. The molecule has 0 unspecified atom stereocenters. The molecule has 0 spiro atoms. The maximum absolute atomic E-state index is 10.7. The summed E-state index contributed by atoms with van der Waals surface area (Å²) in [6.07, 6.45) is 7.79. The average Bonchev–Trinajstić information content (AvgIpc) is 2.55. The Kier molecular flexibility index (Phi) is 3.65. The third-order valence-electron chi connectivity index (χ3n) is 3.83. The molecule has 1 aliphatic carbocycles. The van der Waals surface area contributed by atoms with Crippen molar-refractivity contribution in [1.29, 1.82) is 0 Å². The van der Waals surface area contributed by atoms with Gasteiger partial charge in [-0.2, -0.15) is 0 Å². The van der Waals surface area contributed by atoms with Crippen molar-refractivity contribution in [3.63, 3.8) is 0 Å². The molecule has 1 aliphatic rings. The maximum Gasteiger partial charge on any atom is 0.0896 e. The van der Waals surface area contributed by atoms with Crippen LogP contribution in [0.3, 0.4) is 0 Å². The van der Waals surface area contributed by atoms with Crippen molar-refractivity contribution in [3.8, 4) is 0 Å². The van der Waals surface area contributed by atoms with Gasteiger partial charge in [-0.25, -0.2) is 0 Å². The van der Waals surface area contributed by atoms with Gasteiger partial charge in [0, 0.05) is 0 Å². The first-order valence-corrected chi connectivity index (χ1v) is 6.56. The van der Waals surface area contributed by atoms with Crippen LogP contribution < -0.4 is 0 Å². The number of aryl methyl sites for hydroxylation is 1. The summed E-state index contributed by atoms with van der Waals surface area (Å²) in [6.45, 7) is 2.16. The SMILES string of the molecule is CCc1ccc(C2(O)CCCCCC2)cc1. The van der Waals surface area contributed by atoms with Crippen molar-refractivity contribution in [2.75, 3.05) is 0 Å². The summed E-state index contributed by atoms with van der Waals surface area (Å²) >= 11 is 0. The van der Waals surface area contributed by atoms with Crippen molar-refractivity contribution in [2.24, 2.45) is 0 Å². The molecular weight excluding hydrogens is 196 g/mol. The highest BCUT2D eigenvalue weighted by molar-refractivity contribution is 5.27. The van der Waals surface area contributed by atoms with E-state index in [4.69, 9.17) is 0 Å². The summed E-state index contributed by atoms with van der Waals surface area (Å²) in [5.74, 6) is 0. The molecule has 1 aromatic rings. The smallest absolute Gasteiger partial charge is 0.0896 e. The van der Waals surface area contributed by atoms with Crippen molar-refractivity contribution < 1.29 is 5.11 Å². The van der Waals surface area contributed by atoms with Gasteiger partial charge >= 0.3 is 0 Å². The molecule has 16 heavy (non-hydrogen) atoms. The second kappa shape index (κ2) is 5.01. The highest BCUT2D eigenvalue weighted by Crippen LogP contribution is 2.35. The first-order valence-electron chi connectivity index (χ1n) is 6.56. The zero-order chi connectivity index (χ0) is 11.4. The lowest BCUT2D eigenvalue weighted by Crippen LogP contribution is -2.24. The molecule has 1 N–H and O–H groups in total. The van der Waals surface area contributed by atoms with Crippen molar-refractivity contribution >= 4 is 0 Å². The minimum atomic E-state index is -0.553. The second-order valence-corrected chi connectivity index (χ2v) is 5.00. The molecular formula is C15H22O. The van der Waals surface area contributed by atoms with Crippen LogP contribution in [-0.4, -0.2) is 5.11 Å². The molecule has 0 aliphatic heterocycles. The van der Waals surface area contributed by atoms with E-state index >= 15 is 0 Å². The highest BCUT2D eigenvalue weighted by Gasteiger charge is 2.29. The van der Waals surface area contributed by atoms with Gasteiger partial charge in [-0.1, -0.05) is 56.9 Å². The molecule has 0 atom stereocenters. The number of hydrogen-bond donors (Lipinski definition) is 1. The first-order chi connectivity index (χ1) is 7.74. The van der Waals surface area contributed by atoms with E-state index in [0.717, 1.165) is 37.7 Å². The maximum atomic E-state index is 10.7. The van der Waals surface area contributed by atoms with E-state index in [2.05, 4.69) is 31.2 Å². The van der Waals surface area contributed by atoms with E-state index in [9.17, 15) is 5.11 Å². The van der Waals surface area contributed by atoms with E-state index in [1.807, 2.05) is 0 Å². The van der Waals surface area contributed by atoms with Crippen molar-refractivity contribution in [1.82, 2.24) is 0 Å². The van der Waals surface area contributed by atoms with Crippen molar-refractivity contribution in [2.45, 2.75) is 57.5 Å². The zero-order valence-electron chi connectivity index (χ0n) is 10.2. The fourth-order valence-corrected chi connectivity index (χ4v) is 2.65. The molecule has 1 heteroatoms. The quantitative estimate of drug-likeness (QED) is 0.749. The fourth-order valence-electron chi connectivity index (χ4n) is 2.65. The van der Waals surface area contributed by atoms with Crippen LogP contribution in [0.4, 0.5) is 0 Å². The average molecular weight is 218 g/mol. The van der Waals surface area contributed by atoms with Crippen LogP contribution in [0, 0.1) is 0 Å². The Hall–Kier alpha value is -0.820. The predicted octanol–water partition coefficient (Wildman–Crippen LogP) is 3.79. The minimum Gasteiger partial charge on any atom is -0.385 e. The number of rotatable bonds is 2. The van der Waals surface area contributed by atoms with Gasteiger partial charge in [-0.3, -0.25) is 0 Å². The van der Waals surface area contributed by atoms with Crippen molar-refractivity contribution in [3.05, 3.63) is 35.4 Å². The molecule has 0 bridgehead atoms. The van der Waals surface area contributed by atoms with Gasteiger partial charge in [-0.05, 0) is 30.4 Å². The third kappa shape index (κ3) is 2.46. The van der Waals surface area contributed by atoms with E-state index in [0.29, 0.717) is 0 Å². The van der Waals surface area contributed by atoms with Gasteiger partial charge in [0.2, 0.25) is 0 Å². The Bertz CT molecular complexity index is 318. The van der Waals surface area contributed by atoms with Crippen LogP contribution in [0.2, 0.25) is 0 Å². The lowest BCUT2D eigenvalue weighted by atomic mass is 9.86. The summed E-state index contributed by atoms with van der Waals surface area (Å²) in [5.41, 5.74) is 1.91. The molecule has 1 saturated carbocycles.